The topological polar surface area (TPSA) is 54.4 Å². The van der Waals surface area contributed by atoms with Gasteiger partial charge in [-0.3, -0.25) is 4.55 Å². The lowest BCUT2D eigenvalue weighted by atomic mass is 10.0. The highest BCUT2D eigenvalue weighted by Crippen LogP contribution is 2.26. The van der Waals surface area contributed by atoms with Gasteiger partial charge in [0.1, 0.15) is 4.90 Å². The Hall–Kier alpha value is -0.910. The smallest absolute Gasteiger partial charge is 0.282 e. The van der Waals surface area contributed by atoms with E-state index in [1.807, 2.05) is 12.1 Å². The highest BCUT2D eigenvalue weighted by atomic mass is 79.9. The van der Waals surface area contributed by atoms with Crippen molar-refractivity contribution in [1.82, 2.24) is 0 Å². The van der Waals surface area contributed by atoms with E-state index < -0.39 is 10.1 Å². The molecule has 0 heterocycles. The Morgan fingerprint density at radius 3 is 2.29 bits per heavy atom. The van der Waals surface area contributed by atoms with Crippen LogP contribution < -0.4 is 0 Å². The van der Waals surface area contributed by atoms with Gasteiger partial charge in [0.25, 0.3) is 10.1 Å². The van der Waals surface area contributed by atoms with Crippen molar-refractivity contribution in [3.8, 4) is 0 Å². The molecule has 0 aliphatic heterocycles. The summed E-state index contributed by atoms with van der Waals surface area (Å²) in [6.45, 7) is 0. The minimum absolute atomic E-state index is 0.0357. The van der Waals surface area contributed by atoms with E-state index in [9.17, 15) is 13.0 Å². The van der Waals surface area contributed by atoms with E-state index in [0.29, 0.717) is 5.39 Å². The lowest BCUT2D eigenvalue weighted by molar-refractivity contribution is 0.484. The highest BCUT2D eigenvalue weighted by molar-refractivity contribution is 9.09. The maximum atomic E-state index is 11.3. The Bertz CT molecular complexity index is 650. The standard InChI is InChI=1S/C12H11BrO3S/c13-8-7-9-5-6-12(17(14,15)16)11-4-2-1-3-10(9)11/h1-6H,7-8H2,(H,14,15,16). The fourth-order valence-electron chi connectivity index (χ4n) is 1.88. The molecule has 0 fully saturated rings. The maximum absolute atomic E-state index is 11.3. The summed E-state index contributed by atoms with van der Waals surface area (Å²) in [5.41, 5.74) is 1.06. The number of hydrogen-bond donors (Lipinski definition) is 1. The van der Waals surface area contributed by atoms with E-state index in [-0.39, 0.29) is 4.90 Å². The number of fused-ring (bicyclic) bond motifs is 1. The van der Waals surface area contributed by atoms with Crippen molar-refractivity contribution in [3.05, 3.63) is 42.0 Å². The molecule has 0 atom stereocenters. The van der Waals surface area contributed by atoms with Crippen LogP contribution in [0.1, 0.15) is 5.56 Å². The Balaban J connectivity index is 2.80. The first-order valence-corrected chi connectivity index (χ1v) is 7.64. The number of alkyl halides is 1. The molecule has 1 N–H and O–H groups in total. The zero-order chi connectivity index (χ0) is 12.5. The number of benzene rings is 2. The first kappa shape index (κ1) is 12.5. The van der Waals surface area contributed by atoms with Gasteiger partial charge in [0.15, 0.2) is 0 Å². The van der Waals surface area contributed by atoms with Crippen LogP contribution in [-0.4, -0.2) is 18.3 Å². The third kappa shape index (κ3) is 2.51. The molecule has 2 rings (SSSR count). The van der Waals surface area contributed by atoms with Crippen LogP contribution >= 0.6 is 15.9 Å². The van der Waals surface area contributed by atoms with Gasteiger partial charge in [-0.05, 0) is 23.4 Å². The second-order valence-electron chi connectivity index (χ2n) is 3.68. The van der Waals surface area contributed by atoms with Crippen LogP contribution in [-0.2, 0) is 16.5 Å². The lowest BCUT2D eigenvalue weighted by Crippen LogP contribution is -2.00. The van der Waals surface area contributed by atoms with E-state index >= 15 is 0 Å². The van der Waals surface area contributed by atoms with Crippen molar-refractivity contribution < 1.29 is 13.0 Å². The summed E-state index contributed by atoms with van der Waals surface area (Å²) in [4.78, 5) is -0.0357. The molecule has 3 nitrogen and oxygen atoms in total. The van der Waals surface area contributed by atoms with Crippen LogP contribution in [0.5, 0.6) is 0 Å². The molecule has 0 amide bonds. The van der Waals surface area contributed by atoms with Crippen molar-refractivity contribution in [2.75, 3.05) is 5.33 Å². The van der Waals surface area contributed by atoms with Gasteiger partial charge in [-0.15, -0.1) is 0 Å². The lowest BCUT2D eigenvalue weighted by Gasteiger charge is -2.08. The minimum Gasteiger partial charge on any atom is -0.282 e. The van der Waals surface area contributed by atoms with Crippen LogP contribution in [0.2, 0.25) is 0 Å². The van der Waals surface area contributed by atoms with Crippen LogP contribution in [0, 0.1) is 0 Å². The zero-order valence-corrected chi connectivity index (χ0v) is 11.3. The summed E-state index contributed by atoms with van der Waals surface area (Å²) in [5.74, 6) is 0. The monoisotopic (exact) mass is 314 g/mol. The molecule has 0 spiro atoms. The van der Waals surface area contributed by atoms with E-state index in [0.717, 1.165) is 22.7 Å². The van der Waals surface area contributed by atoms with E-state index in [1.54, 1.807) is 18.2 Å². The summed E-state index contributed by atoms with van der Waals surface area (Å²) in [5, 5.41) is 2.23. The fourth-order valence-corrected chi connectivity index (χ4v) is 3.00. The molecule has 0 bridgehead atoms. The van der Waals surface area contributed by atoms with Crippen molar-refractivity contribution in [1.29, 1.82) is 0 Å². The van der Waals surface area contributed by atoms with Gasteiger partial charge in [-0.1, -0.05) is 46.3 Å². The Morgan fingerprint density at radius 2 is 1.71 bits per heavy atom. The summed E-state index contributed by atoms with van der Waals surface area (Å²) < 4.78 is 31.7. The Kier molecular flexibility index (Phi) is 3.51. The molecule has 0 saturated heterocycles. The van der Waals surface area contributed by atoms with Crippen molar-refractivity contribution in [3.63, 3.8) is 0 Å². The van der Waals surface area contributed by atoms with Crippen LogP contribution in [0.3, 0.4) is 0 Å². The normalized spacial score (nSPS) is 11.9. The quantitative estimate of drug-likeness (QED) is 0.700. The van der Waals surface area contributed by atoms with Crippen LogP contribution in [0.15, 0.2) is 41.3 Å². The van der Waals surface area contributed by atoms with E-state index in [2.05, 4.69) is 15.9 Å². The summed E-state index contributed by atoms with van der Waals surface area (Å²) in [6.07, 6.45) is 0.812. The molecule has 2 aromatic rings. The molecule has 0 aliphatic carbocycles. The number of aryl methyl sites for hydroxylation is 1. The van der Waals surface area contributed by atoms with Gasteiger partial charge in [0.05, 0.1) is 0 Å². The van der Waals surface area contributed by atoms with Gasteiger partial charge >= 0.3 is 0 Å². The van der Waals surface area contributed by atoms with Crippen LogP contribution in [0.4, 0.5) is 0 Å². The van der Waals surface area contributed by atoms with Crippen LogP contribution in [0.25, 0.3) is 10.8 Å². The van der Waals surface area contributed by atoms with Gasteiger partial charge in [-0.25, -0.2) is 0 Å². The van der Waals surface area contributed by atoms with E-state index in [1.165, 1.54) is 6.07 Å². The largest absolute Gasteiger partial charge is 0.295 e. The molecule has 0 aromatic heterocycles. The molecular weight excluding hydrogens is 304 g/mol. The van der Waals surface area contributed by atoms with Crippen molar-refractivity contribution in [2.45, 2.75) is 11.3 Å². The molecule has 2 aromatic carbocycles. The Labute approximate surface area is 108 Å². The first-order valence-electron chi connectivity index (χ1n) is 5.08. The predicted molar refractivity (Wildman–Crippen MR) is 71.3 cm³/mol. The Morgan fingerprint density at radius 1 is 1.06 bits per heavy atom. The maximum Gasteiger partial charge on any atom is 0.295 e. The highest BCUT2D eigenvalue weighted by Gasteiger charge is 2.14. The van der Waals surface area contributed by atoms with Gasteiger partial charge in [0, 0.05) is 10.7 Å². The molecule has 0 saturated carbocycles. The number of hydrogen-bond acceptors (Lipinski definition) is 2. The second-order valence-corrected chi connectivity index (χ2v) is 5.87. The SMILES string of the molecule is O=S(=O)(O)c1ccc(CCBr)c2ccccc12. The summed E-state index contributed by atoms with van der Waals surface area (Å²) in [6, 6.07) is 10.4. The molecule has 90 valence electrons. The molecule has 17 heavy (non-hydrogen) atoms. The van der Waals surface area contributed by atoms with E-state index in [4.69, 9.17) is 0 Å². The van der Waals surface area contributed by atoms with Crippen molar-refractivity contribution >= 4 is 36.8 Å². The van der Waals surface area contributed by atoms with Gasteiger partial charge < -0.3 is 0 Å². The fraction of sp³-hybridized carbons (Fsp3) is 0.167. The first-order chi connectivity index (χ1) is 8.04. The minimum atomic E-state index is -4.17. The average molecular weight is 315 g/mol. The van der Waals surface area contributed by atoms with Gasteiger partial charge in [-0.2, -0.15) is 8.42 Å². The molecule has 0 aliphatic rings. The molecule has 0 radical (unpaired) electrons. The predicted octanol–water partition coefficient (Wildman–Crippen LogP) is 3.02. The summed E-state index contributed by atoms with van der Waals surface area (Å²) >= 11 is 3.36. The third-order valence-corrected chi connectivity index (χ3v) is 3.92. The third-order valence-electron chi connectivity index (χ3n) is 2.62. The molecular formula is C12H11BrO3S. The van der Waals surface area contributed by atoms with Gasteiger partial charge in [0.2, 0.25) is 0 Å². The molecule has 0 unspecified atom stereocenters. The average Bonchev–Trinajstić information content (AvgIpc) is 2.28. The number of rotatable bonds is 3. The summed E-state index contributed by atoms with van der Waals surface area (Å²) in [7, 11) is -4.17. The second kappa shape index (κ2) is 4.76. The van der Waals surface area contributed by atoms with Crippen molar-refractivity contribution in [2.24, 2.45) is 0 Å². The molecule has 5 heteroatoms. The number of halogens is 1. The zero-order valence-electron chi connectivity index (χ0n) is 8.93.